The van der Waals surface area contributed by atoms with Gasteiger partial charge in [0, 0.05) is 11.9 Å². The first-order valence-electron chi connectivity index (χ1n) is 6.99. The summed E-state index contributed by atoms with van der Waals surface area (Å²) < 4.78 is 0. The average molecular weight is 266 g/mol. The van der Waals surface area contributed by atoms with Crippen molar-refractivity contribution in [1.29, 1.82) is 0 Å². The van der Waals surface area contributed by atoms with Gasteiger partial charge in [0.2, 0.25) is 0 Å². The van der Waals surface area contributed by atoms with Gasteiger partial charge in [-0.1, -0.05) is 18.2 Å². The van der Waals surface area contributed by atoms with Crippen LogP contribution < -0.4 is 0 Å². The fraction of sp³-hybridized carbons (Fsp3) is 0.625. The molecule has 1 fully saturated rings. The van der Waals surface area contributed by atoms with Gasteiger partial charge in [-0.05, 0) is 69.3 Å². The van der Waals surface area contributed by atoms with Crippen molar-refractivity contribution in [2.75, 3.05) is 13.1 Å². The second-order valence-electron chi connectivity index (χ2n) is 5.66. The molecule has 0 spiro atoms. The van der Waals surface area contributed by atoms with Crippen LogP contribution in [0.25, 0.3) is 0 Å². The molecule has 0 amide bonds. The van der Waals surface area contributed by atoms with Gasteiger partial charge in [0.05, 0.1) is 0 Å². The highest BCUT2D eigenvalue weighted by Gasteiger charge is 2.23. The van der Waals surface area contributed by atoms with Crippen LogP contribution in [0.2, 0.25) is 0 Å². The van der Waals surface area contributed by atoms with Crippen LogP contribution in [0.15, 0.2) is 18.2 Å². The molecule has 18 heavy (non-hydrogen) atoms. The molecule has 1 atom stereocenters. The van der Waals surface area contributed by atoms with Gasteiger partial charge < -0.3 is 0 Å². The monoisotopic (exact) mass is 265 g/mol. The van der Waals surface area contributed by atoms with E-state index in [2.05, 4.69) is 43.9 Å². The molecule has 0 bridgehead atoms. The van der Waals surface area contributed by atoms with Crippen LogP contribution in [0.1, 0.15) is 36.5 Å². The predicted molar refractivity (Wildman–Crippen MR) is 79.2 cm³/mol. The topological polar surface area (TPSA) is 3.24 Å². The first-order chi connectivity index (χ1) is 8.58. The number of likely N-dealkylation sites (tertiary alicyclic amines) is 1. The van der Waals surface area contributed by atoms with Crippen molar-refractivity contribution < 1.29 is 0 Å². The van der Waals surface area contributed by atoms with Crippen molar-refractivity contribution >= 4 is 11.6 Å². The molecule has 2 rings (SSSR count). The lowest BCUT2D eigenvalue weighted by atomic mass is 9.93. The van der Waals surface area contributed by atoms with Gasteiger partial charge >= 0.3 is 0 Å². The van der Waals surface area contributed by atoms with Gasteiger partial charge in [-0.25, -0.2) is 0 Å². The number of piperidine rings is 1. The van der Waals surface area contributed by atoms with Gasteiger partial charge in [0.15, 0.2) is 0 Å². The van der Waals surface area contributed by atoms with Crippen LogP contribution in [0, 0.1) is 19.8 Å². The maximum absolute atomic E-state index is 6.20. The molecule has 1 aromatic rings. The van der Waals surface area contributed by atoms with E-state index >= 15 is 0 Å². The molecule has 0 N–H and O–H groups in total. The lowest BCUT2D eigenvalue weighted by Gasteiger charge is -2.33. The van der Waals surface area contributed by atoms with E-state index in [1.165, 1.54) is 42.6 Å². The molecule has 0 saturated carbocycles. The number of nitrogens with zero attached hydrogens (tertiary/aromatic N) is 1. The van der Waals surface area contributed by atoms with Gasteiger partial charge in [0.1, 0.15) is 0 Å². The molecular formula is C16H24ClN. The highest BCUT2D eigenvalue weighted by Crippen LogP contribution is 2.25. The van der Waals surface area contributed by atoms with E-state index in [0.717, 1.165) is 6.54 Å². The predicted octanol–water partition coefficient (Wildman–Crippen LogP) is 4.14. The second-order valence-corrected chi connectivity index (χ2v) is 6.35. The molecule has 0 radical (unpaired) electrons. The standard InChI is InChI=1S/C16H24ClN/c1-12-5-4-6-13(2)16(12)11-18-9-7-15(8-10-18)14(3)17/h4-6,14-15H,7-11H2,1-3H3. The highest BCUT2D eigenvalue weighted by atomic mass is 35.5. The van der Waals surface area contributed by atoms with E-state index in [9.17, 15) is 0 Å². The summed E-state index contributed by atoms with van der Waals surface area (Å²) in [5, 5.41) is 0.326. The van der Waals surface area contributed by atoms with E-state index in [1.807, 2.05) is 0 Å². The molecule has 1 saturated heterocycles. The molecule has 1 aliphatic rings. The van der Waals surface area contributed by atoms with Crippen molar-refractivity contribution in [3.63, 3.8) is 0 Å². The van der Waals surface area contributed by atoms with Crippen LogP contribution in [-0.4, -0.2) is 23.4 Å². The number of benzene rings is 1. The van der Waals surface area contributed by atoms with Gasteiger partial charge in [-0.15, -0.1) is 11.6 Å². The summed E-state index contributed by atoms with van der Waals surface area (Å²) in [7, 11) is 0. The normalized spacial score (nSPS) is 20.0. The van der Waals surface area contributed by atoms with E-state index < -0.39 is 0 Å². The molecule has 0 aliphatic carbocycles. The van der Waals surface area contributed by atoms with Crippen molar-refractivity contribution in [2.24, 2.45) is 5.92 Å². The molecule has 2 heteroatoms. The van der Waals surface area contributed by atoms with Crippen LogP contribution in [0.3, 0.4) is 0 Å². The third-order valence-electron chi connectivity index (χ3n) is 4.31. The third kappa shape index (κ3) is 3.27. The minimum atomic E-state index is 0.326. The Morgan fingerprint density at radius 3 is 2.28 bits per heavy atom. The second kappa shape index (κ2) is 6.08. The first-order valence-corrected chi connectivity index (χ1v) is 7.43. The van der Waals surface area contributed by atoms with Crippen LogP contribution >= 0.6 is 11.6 Å². The maximum atomic E-state index is 6.20. The largest absolute Gasteiger partial charge is 0.299 e. The summed E-state index contributed by atoms with van der Waals surface area (Å²) in [6.45, 7) is 10.0. The molecule has 0 aromatic heterocycles. The lowest BCUT2D eigenvalue weighted by molar-refractivity contribution is 0.176. The van der Waals surface area contributed by atoms with Crippen molar-refractivity contribution in [3.8, 4) is 0 Å². The number of alkyl halides is 1. The number of hydrogen-bond donors (Lipinski definition) is 0. The Kier molecular flexibility index (Phi) is 4.69. The number of aryl methyl sites for hydroxylation is 2. The number of rotatable bonds is 3. The number of hydrogen-bond acceptors (Lipinski definition) is 1. The quantitative estimate of drug-likeness (QED) is 0.743. The van der Waals surface area contributed by atoms with Gasteiger partial charge in [0.25, 0.3) is 0 Å². The first kappa shape index (κ1) is 13.9. The Bertz CT molecular complexity index is 372. The zero-order valence-electron chi connectivity index (χ0n) is 11.7. The van der Waals surface area contributed by atoms with Crippen molar-refractivity contribution in [2.45, 2.75) is 45.5 Å². The summed E-state index contributed by atoms with van der Waals surface area (Å²) >= 11 is 6.20. The third-order valence-corrected chi connectivity index (χ3v) is 4.66. The van der Waals surface area contributed by atoms with E-state index in [4.69, 9.17) is 11.6 Å². The Morgan fingerprint density at radius 2 is 1.78 bits per heavy atom. The van der Waals surface area contributed by atoms with Gasteiger partial charge in [-0.3, -0.25) is 4.90 Å². The van der Waals surface area contributed by atoms with Crippen molar-refractivity contribution in [3.05, 3.63) is 34.9 Å². The fourth-order valence-electron chi connectivity index (χ4n) is 2.89. The average Bonchev–Trinajstić information content (AvgIpc) is 2.34. The molecule has 1 aromatic carbocycles. The highest BCUT2D eigenvalue weighted by molar-refractivity contribution is 6.20. The minimum absolute atomic E-state index is 0.326. The summed E-state index contributed by atoms with van der Waals surface area (Å²) in [5.74, 6) is 0.709. The summed E-state index contributed by atoms with van der Waals surface area (Å²) in [6.07, 6.45) is 2.49. The summed E-state index contributed by atoms with van der Waals surface area (Å²) in [4.78, 5) is 2.57. The van der Waals surface area contributed by atoms with E-state index in [-0.39, 0.29) is 0 Å². The molecule has 1 aliphatic heterocycles. The Balaban J connectivity index is 1.96. The Hall–Kier alpha value is -0.530. The van der Waals surface area contributed by atoms with Crippen molar-refractivity contribution in [1.82, 2.24) is 4.90 Å². The molecule has 100 valence electrons. The zero-order chi connectivity index (χ0) is 13.1. The molecule has 1 unspecified atom stereocenters. The Morgan fingerprint density at radius 1 is 1.22 bits per heavy atom. The Labute approximate surface area is 116 Å². The minimum Gasteiger partial charge on any atom is -0.299 e. The zero-order valence-corrected chi connectivity index (χ0v) is 12.5. The summed E-state index contributed by atoms with van der Waals surface area (Å²) in [6, 6.07) is 6.58. The fourth-order valence-corrected chi connectivity index (χ4v) is 3.14. The molecule has 1 nitrogen and oxygen atoms in total. The number of halogens is 1. The van der Waals surface area contributed by atoms with Crippen LogP contribution in [0.5, 0.6) is 0 Å². The SMILES string of the molecule is Cc1cccc(C)c1CN1CCC(C(C)Cl)CC1. The summed E-state index contributed by atoms with van der Waals surface area (Å²) in [5.41, 5.74) is 4.35. The van der Waals surface area contributed by atoms with Gasteiger partial charge in [-0.2, -0.15) is 0 Å². The smallest absolute Gasteiger partial charge is 0.0337 e. The molecular weight excluding hydrogens is 242 g/mol. The maximum Gasteiger partial charge on any atom is 0.0337 e. The van der Waals surface area contributed by atoms with Crippen LogP contribution in [-0.2, 0) is 6.54 Å². The molecule has 1 heterocycles. The van der Waals surface area contributed by atoms with E-state index in [1.54, 1.807) is 0 Å². The lowest BCUT2D eigenvalue weighted by Crippen LogP contribution is -2.35. The van der Waals surface area contributed by atoms with Crippen LogP contribution in [0.4, 0.5) is 0 Å². The van der Waals surface area contributed by atoms with E-state index in [0.29, 0.717) is 11.3 Å².